The third-order valence-corrected chi connectivity index (χ3v) is 4.05. The summed E-state index contributed by atoms with van der Waals surface area (Å²) in [7, 11) is 0. The summed E-state index contributed by atoms with van der Waals surface area (Å²) in [6.45, 7) is 2.90. The maximum atomic E-state index is 5.60. The van der Waals surface area contributed by atoms with E-state index < -0.39 is 0 Å². The molecule has 1 unspecified atom stereocenters. The van der Waals surface area contributed by atoms with E-state index in [0.29, 0.717) is 11.2 Å². The normalized spacial score (nSPS) is 20.7. The van der Waals surface area contributed by atoms with Crippen LogP contribution in [0.15, 0.2) is 6.07 Å². The summed E-state index contributed by atoms with van der Waals surface area (Å²) in [6, 6.07) is 1.93. The number of aromatic nitrogens is 2. The summed E-state index contributed by atoms with van der Waals surface area (Å²) in [5.74, 6) is 2.48. The van der Waals surface area contributed by atoms with Crippen LogP contribution in [0.4, 0.5) is 11.8 Å². The Labute approximate surface area is 100 Å². The van der Waals surface area contributed by atoms with E-state index in [4.69, 9.17) is 5.73 Å². The van der Waals surface area contributed by atoms with E-state index in [-0.39, 0.29) is 0 Å². The molecule has 5 heteroatoms. The monoisotopic (exact) mass is 238 g/mol. The van der Waals surface area contributed by atoms with Gasteiger partial charge >= 0.3 is 0 Å². The molecule has 0 aliphatic carbocycles. The van der Waals surface area contributed by atoms with Crippen LogP contribution in [-0.4, -0.2) is 27.5 Å². The van der Waals surface area contributed by atoms with Crippen molar-refractivity contribution in [1.29, 1.82) is 0 Å². The zero-order valence-corrected chi connectivity index (χ0v) is 10.4. The molecule has 0 bridgehead atoms. The van der Waals surface area contributed by atoms with Gasteiger partial charge in [-0.1, -0.05) is 6.42 Å². The minimum Gasteiger partial charge on any atom is -0.369 e. The first-order valence-electron chi connectivity index (χ1n) is 5.70. The zero-order chi connectivity index (χ0) is 11.4. The molecule has 88 valence electrons. The van der Waals surface area contributed by atoms with Crippen molar-refractivity contribution >= 4 is 23.5 Å². The number of thioether (sulfide) groups is 1. The van der Waals surface area contributed by atoms with Gasteiger partial charge in [-0.2, -0.15) is 16.7 Å². The van der Waals surface area contributed by atoms with Crippen molar-refractivity contribution in [3.8, 4) is 0 Å². The second-order valence-electron chi connectivity index (χ2n) is 4.12. The van der Waals surface area contributed by atoms with Gasteiger partial charge in [0.25, 0.3) is 0 Å². The van der Waals surface area contributed by atoms with E-state index in [1.807, 2.05) is 13.0 Å². The summed E-state index contributed by atoms with van der Waals surface area (Å²) in [5.41, 5.74) is 6.51. The van der Waals surface area contributed by atoms with Crippen LogP contribution in [-0.2, 0) is 0 Å². The molecule has 1 atom stereocenters. The number of rotatable bonds is 3. The molecule has 2 rings (SSSR count). The molecule has 4 nitrogen and oxygen atoms in total. The lowest BCUT2D eigenvalue weighted by molar-refractivity contribution is 0.677. The van der Waals surface area contributed by atoms with E-state index in [9.17, 15) is 0 Å². The molecular weight excluding hydrogens is 220 g/mol. The van der Waals surface area contributed by atoms with Crippen molar-refractivity contribution in [2.45, 2.75) is 31.4 Å². The highest BCUT2D eigenvalue weighted by molar-refractivity contribution is 7.99. The fraction of sp³-hybridized carbons (Fsp3) is 0.636. The van der Waals surface area contributed by atoms with Gasteiger partial charge < -0.3 is 11.1 Å². The van der Waals surface area contributed by atoms with Crippen molar-refractivity contribution < 1.29 is 0 Å². The summed E-state index contributed by atoms with van der Waals surface area (Å²) >= 11 is 2.05. The van der Waals surface area contributed by atoms with Crippen molar-refractivity contribution in [2.75, 3.05) is 23.3 Å². The summed E-state index contributed by atoms with van der Waals surface area (Å²) < 4.78 is 0. The van der Waals surface area contributed by atoms with Gasteiger partial charge in [0.1, 0.15) is 5.82 Å². The lowest BCUT2D eigenvalue weighted by Crippen LogP contribution is -2.20. The molecule has 3 N–H and O–H groups in total. The minimum atomic E-state index is 0.346. The van der Waals surface area contributed by atoms with Crippen LogP contribution in [0.1, 0.15) is 25.0 Å². The molecule has 1 aliphatic heterocycles. The highest BCUT2D eigenvalue weighted by Gasteiger charge is 2.13. The average Bonchev–Trinajstić information content (AvgIpc) is 2.27. The maximum Gasteiger partial charge on any atom is 0.222 e. The standard InChI is InChI=1S/C11H18N4S/c1-8-6-10(15-11(12)14-8)13-7-9-4-2-3-5-16-9/h6,9H,2-5,7H2,1H3,(H3,12,13,14,15). The first kappa shape index (κ1) is 11.5. The molecule has 1 saturated heterocycles. The fourth-order valence-corrected chi connectivity index (χ4v) is 3.11. The predicted octanol–water partition coefficient (Wildman–Crippen LogP) is 2.06. The van der Waals surface area contributed by atoms with E-state index >= 15 is 0 Å². The SMILES string of the molecule is Cc1cc(NCC2CCCCS2)nc(N)n1. The van der Waals surface area contributed by atoms with Gasteiger partial charge in [-0.3, -0.25) is 0 Å². The molecule has 2 heterocycles. The minimum absolute atomic E-state index is 0.346. The number of hydrogen-bond donors (Lipinski definition) is 2. The molecule has 0 amide bonds. The van der Waals surface area contributed by atoms with Crippen LogP contribution in [0.5, 0.6) is 0 Å². The van der Waals surface area contributed by atoms with Gasteiger partial charge in [-0.05, 0) is 25.5 Å². The largest absolute Gasteiger partial charge is 0.369 e. The molecule has 0 aromatic carbocycles. The van der Waals surface area contributed by atoms with Crippen LogP contribution < -0.4 is 11.1 Å². The predicted molar refractivity (Wildman–Crippen MR) is 69.8 cm³/mol. The molecule has 0 radical (unpaired) electrons. The van der Waals surface area contributed by atoms with Gasteiger partial charge in [-0.15, -0.1) is 0 Å². The highest BCUT2D eigenvalue weighted by atomic mass is 32.2. The fourth-order valence-electron chi connectivity index (χ4n) is 1.87. The van der Waals surface area contributed by atoms with E-state index in [1.165, 1.54) is 25.0 Å². The molecule has 1 aliphatic rings. The molecule has 0 saturated carbocycles. The Morgan fingerprint density at radius 3 is 3.06 bits per heavy atom. The van der Waals surface area contributed by atoms with Crippen molar-refractivity contribution in [1.82, 2.24) is 9.97 Å². The van der Waals surface area contributed by atoms with E-state index in [0.717, 1.165) is 18.1 Å². The Kier molecular flexibility index (Phi) is 3.88. The third kappa shape index (κ3) is 3.27. The lowest BCUT2D eigenvalue weighted by atomic mass is 10.2. The van der Waals surface area contributed by atoms with Gasteiger partial charge in [0.15, 0.2) is 0 Å². The second-order valence-corrected chi connectivity index (χ2v) is 5.53. The number of anilines is 2. The van der Waals surface area contributed by atoms with Crippen LogP contribution in [0.2, 0.25) is 0 Å². The number of nitrogens with zero attached hydrogens (tertiary/aromatic N) is 2. The lowest BCUT2D eigenvalue weighted by Gasteiger charge is -2.21. The molecule has 16 heavy (non-hydrogen) atoms. The van der Waals surface area contributed by atoms with Crippen molar-refractivity contribution in [3.05, 3.63) is 11.8 Å². The molecular formula is C11H18N4S. The first-order chi connectivity index (χ1) is 7.74. The summed E-state index contributed by atoms with van der Waals surface area (Å²) in [4.78, 5) is 8.22. The number of aryl methyl sites for hydroxylation is 1. The van der Waals surface area contributed by atoms with Gasteiger partial charge in [0, 0.05) is 23.6 Å². The Bertz CT molecular complexity index is 330. The molecule has 1 aromatic rings. The molecule has 0 spiro atoms. The van der Waals surface area contributed by atoms with Crippen LogP contribution in [0.25, 0.3) is 0 Å². The Balaban J connectivity index is 1.88. The molecule has 1 fully saturated rings. The number of nitrogens with two attached hydrogens (primary N) is 1. The number of nitrogen functional groups attached to an aromatic ring is 1. The highest BCUT2D eigenvalue weighted by Crippen LogP contribution is 2.25. The Morgan fingerprint density at radius 2 is 2.38 bits per heavy atom. The topological polar surface area (TPSA) is 63.8 Å². The first-order valence-corrected chi connectivity index (χ1v) is 6.75. The average molecular weight is 238 g/mol. The van der Waals surface area contributed by atoms with Crippen LogP contribution >= 0.6 is 11.8 Å². The van der Waals surface area contributed by atoms with Gasteiger partial charge in [-0.25, -0.2) is 4.98 Å². The number of hydrogen-bond acceptors (Lipinski definition) is 5. The maximum absolute atomic E-state index is 5.60. The van der Waals surface area contributed by atoms with Gasteiger partial charge in [0.05, 0.1) is 0 Å². The zero-order valence-electron chi connectivity index (χ0n) is 9.57. The van der Waals surface area contributed by atoms with Crippen LogP contribution in [0, 0.1) is 6.92 Å². The van der Waals surface area contributed by atoms with Crippen molar-refractivity contribution in [3.63, 3.8) is 0 Å². The third-order valence-electron chi connectivity index (χ3n) is 2.66. The Hall–Kier alpha value is -0.970. The van der Waals surface area contributed by atoms with Gasteiger partial charge in [0.2, 0.25) is 5.95 Å². The van der Waals surface area contributed by atoms with E-state index in [2.05, 4.69) is 27.0 Å². The number of nitrogens with one attached hydrogen (secondary N) is 1. The smallest absolute Gasteiger partial charge is 0.222 e. The quantitative estimate of drug-likeness (QED) is 0.844. The summed E-state index contributed by atoms with van der Waals surface area (Å²) in [6.07, 6.45) is 4.02. The Morgan fingerprint density at radius 1 is 1.50 bits per heavy atom. The molecule has 1 aromatic heterocycles. The van der Waals surface area contributed by atoms with Crippen molar-refractivity contribution in [2.24, 2.45) is 0 Å². The van der Waals surface area contributed by atoms with Crippen LogP contribution in [0.3, 0.4) is 0 Å². The summed E-state index contributed by atoms with van der Waals surface area (Å²) in [5, 5.41) is 4.06. The van der Waals surface area contributed by atoms with E-state index in [1.54, 1.807) is 0 Å². The second kappa shape index (κ2) is 5.39.